The van der Waals surface area contributed by atoms with Gasteiger partial charge in [0.2, 0.25) is 5.91 Å². The van der Waals surface area contributed by atoms with E-state index < -0.39 is 36.4 Å². The molecule has 0 bridgehead atoms. The highest BCUT2D eigenvalue weighted by atomic mass is 32.2. The van der Waals surface area contributed by atoms with E-state index in [1.54, 1.807) is 37.4 Å². The van der Waals surface area contributed by atoms with E-state index >= 15 is 0 Å². The molecule has 0 aliphatic carbocycles. The summed E-state index contributed by atoms with van der Waals surface area (Å²) in [7, 11) is 1.63. The number of allylic oxidation sites excluding steroid dienone is 3. The second kappa shape index (κ2) is 26.8. The maximum Gasteiger partial charge on any atom is 0.407 e. The van der Waals surface area contributed by atoms with Crippen molar-refractivity contribution >= 4 is 46.2 Å². The lowest BCUT2D eigenvalue weighted by Crippen LogP contribution is -2.55. The molecule has 1 heterocycles. The summed E-state index contributed by atoms with van der Waals surface area (Å²) in [4.78, 5) is 49.8. The van der Waals surface area contributed by atoms with Crippen molar-refractivity contribution in [3.8, 4) is 0 Å². The van der Waals surface area contributed by atoms with Gasteiger partial charge >= 0.3 is 12.1 Å². The van der Waals surface area contributed by atoms with Crippen molar-refractivity contribution in [2.24, 2.45) is 22.7 Å². The topological polar surface area (TPSA) is 145 Å². The van der Waals surface area contributed by atoms with E-state index in [1.165, 1.54) is 21.8 Å². The zero-order valence-electron chi connectivity index (χ0n) is 34.6. The fourth-order valence-electron chi connectivity index (χ4n) is 5.45. The summed E-state index contributed by atoms with van der Waals surface area (Å²) in [5.41, 5.74) is 4.41. The minimum Gasteiger partial charge on any atom is -0.444 e. The Hall–Kier alpha value is -3.94. The zero-order valence-corrected chi connectivity index (χ0v) is 36.3. The first kappa shape index (κ1) is 49.1. The van der Waals surface area contributed by atoms with Crippen LogP contribution in [0.25, 0.3) is 0 Å². The molecule has 0 aliphatic rings. The van der Waals surface area contributed by atoms with Crippen molar-refractivity contribution in [1.82, 2.24) is 25.8 Å². The van der Waals surface area contributed by atoms with Crippen LogP contribution in [-0.2, 0) is 22.6 Å². The summed E-state index contributed by atoms with van der Waals surface area (Å²) in [5.74, 6) is 1.23. The molecule has 1 aromatic carbocycles. The molecule has 5 atom stereocenters. The average Bonchev–Trinajstić information content (AvgIpc) is 3.63. The van der Waals surface area contributed by atoms with Gasteiger partial charge in [0.05, 0.1) is 39.8 Å². The Bertz CT molecular complexity index is 1510. The molecule has 2 unspecified atom stereocenters. The van der Waals surface area contributed by atoms with Crippen LogP contribution < -0.4 is 16.0 Å². The van der Waals surface area contributed by atoms with Gasteiger partial charge in [0.1, 0.15) is 12.6 Å². The summed E-state index contributed by atoms with van der Waals surface area (Å²) in [6, 6.07) is 7.13. The van der Waals surface area contributed by atoms with Gasteiger partial charge in [-0.1, -0.05) is 96.2 Å². The molecule has 11 nitrogen and oxygen atoms in total. The average molecular weight is 799 g/mol. The molecule has 2 rings (SSSR count). The van der Waals surface area contributed by atoms with E-state index in [1.807, 2.05) is 44.2 Å². The number of urea groups is 1. The van der Waals surface area contributed by atoms with Gasteiger partial charge in [-0.05, 0) is 63.2 Å². The first-order valence-corrected chi connectivity index (χ1v) is 20.8. The number of carbonyl (C=O) groups is 3. The van der Waals surface area contributed by atoms with Crippen LogP contribution in [0.15, 0.2) is 83.6 Å². The van der Waals surface area contributed by atoms with Gasteiger partial charge in [-0.15, -0.1) is 29.7 Å². The Labute approximate surface area is 338 Å². The van der Waals surface area contributed by atoms with Crippen LogP contribution in [0, 0.1) is 17.8 Å². The van der Waals surface area contributed by atoms with Crippen LogP contribution in [0.5, 0.6) is 0 Å². The molecular weight excluding hydrogens is 733 g/mol. The standard InChI is InChI=1S/C33H50N6O5S2.C9H16/c1-9-45-31(22(4)5)36-24(7)18-39(8)32(42)38-29(21(2)3)30(41)35-23(6)15-28(40)27(16-25-13-11-10-12-14-25)37-33(43)44-19-26-17-34-20-46-26;1-5-6-9(4)7-8(2)3/h10-14,17,20-23,27-29,40H,7,9,15-16,18-19H2,1-6,8H3,(H,35,41)(H,37,43)(H,38,42);5-6,9H,2,7H2,1,3-4H3/b;6-5-/t23-,27-,28-,29?;/m0./s1. The number of aliphatic hydroxyl groups excluding tert-OH is 1. The number of thioether (sulfide) groups is 1. The minimum absolute atomic E-state index is 0.0762. The van der Waals surface area contributed by atoms with Crippen LogP contribution in [0.3, 0.4) is 0 Å². The van der Waals surface area contributed by atoms with Gasteiger partial charge in [-0.3, -0.25) is 9.78 Å². The third kappa shape index (κ3) is 21.1. The monoisotopic (exact) mass is 798 g/mol. The molecule has 0 fully saturated rings. The Balaban J connectivity index is 0.00000148. The lowest BCUT2D eigenvalue weighted by atomic mass is 9.96. The summed E-state index contributed by atoms with van der Waals surface area (Å²) >= 11 is 3.03. The molecular formula is C42H66N6O5S2. The predicted molar refractivity (Wildman–Crippen MR) is 230 cm³/mol. The van der Waals surface area contributed by atoms with Crippen LogP contribution in [0.1, 0.15) is 85.6 Å². The largest absolute Gasteiger partial charge is 0.444 e. The summed E-state index contributed by atoms with van der Waals surface area (Å²) < 4.78 is 5.33. The number of amides is 4. The van der Waals surface area contributed by atoms with Crippen molar-refractivity contribution in [3.63, 3.8) is 0 Å². The highest BCUT2D eigenvalue weighted by molar-refractivity contribution is 8.13. The number of aliphatic imine (C=N–C) groups is 1. The molecule has 4 N–H and O–H groups in total. The molecule has 0 saturated heterocycles. The number of nitrogens with one attached hydrogen (secondary N) is 3. The number of ether oxygens (including phenoxy) is 1. The highest BCUT2D eigenvalue weighted by Gasteiger charge is 2.29. The zero-order chi connectivity index (χ0) is 41.5. The minimum atomic E-state index is -1.00. The van der Waals surface area contributed by atoms with E-state index in [4.69, 9.17) is 4.74 Å². The van der Waals surface area contributed by atoms with Crippen molar-refractivity contribution in [2.45, 2.75) is 112 Å². The van der Waals surface area contributed by atoms with Gasteiger partial charge in [0, 0.05) is 25.2 Å². The number of aromatic nitrogens is 1. The van der Waals surface area contributed by atoms with Gasteiger partial charge in [-0.2, -0.15) is 0 Å². The van der Waals surface area contributed by atoms with Crippen molar-refractivity contribution in [2.75, 3.05) is 19.3 Å². The SMILES string of the molecule is C=C(C)CC(C)/C=C\C.C=C(CN(C)C(=O)NC(C(=O)N[C@@H](C)C[C@H](O)[C@H](Cc1ccccc1)NC(=O)OCc1cncs1)C(C)C)N=C(SCC)C(C)C. The second-order valence-corrected chi connectivity index (χ2v) is 16.7. The fraction of sp³-hybridized carbons (Fsp3) is 0.548. The number of alkyl carbamates (subject to hydrolysis) is 1. The van der Waals surface area contributed by atoms with Crippen molar-refractivity contribution in [3.05, 3.63) is 89.1 Å². The van der Waals surface area contributed by atoms with E-state index in [2.05, 4.69) is 92.8 Å². The number of hydrogen-bond acceptors (Lipinski definition) is 9. The van der Waals surface area contributed by atoms with Crippen LogP contribution in [-0.4, -0.2) is 81.6 Å². The fourth-order valence-corrected chi connectivity index (χ4v) is 6.78. The smallest absolute Gasteiger partial charge is 0.407 e. The van der Waals surface area contributed by atoms with Gasteiger partial charge in [0.15, 0.2) is 0 Å². The molecule has 306 valence electrons. The molecule has 2 aromatic rings. The molecule has 0 radical (unpaired) electrons. The maximum absolute atomic E-state index is 13.3. The highest BCUT2D eigenvalue weighted by Crippen LogP contribution is 2.16. The maximum atomic E-state index is 13.3. The second-order valence-electron chi connectivity index (χ2n) is 14.5. The molecule has 1 aromatic heterocycles. The number of benzene rings is 1. The van der Waals surface area contributed by atoms with E-state index in [0.717, 1.165) is 27.7 Å². The van der Waals surface area contributed by atoms with Gasteiger partial charge in [0.25, 0.3) is 0 Å². The van der Waals surface area contributed by atoms with E-state index in [0.29, 0.717) is 18.0 Å². The third-order valence-electron chi connectivity index (χ3n) is 8.12. The Morgan fingerprint density at radius 1 is 1.07 bits per heavy atom. The first-order valence-electron chi connectivity index (χ1n) is 19.0. The Morgan fingerprint density at radius 3 is 2.29 bits per heavy atom. The third-order valence-corrected chi connectivity index (χ3v) is 10.0. The summed E-state index contributed by atoms with van der Waals surface area (Å²) in [6.07, 6.45) is 5.90. The molecule has 0 aliphatic heterocycles. The first-order chi connectivity index (χ1) is 26.0. The summed E-state index contributed by atoms with van der Waals surface area (Å²) in [6.45, 7) is 26.1. The predicted octanol–water partition coefficient (Wildman–Crippen LogP) is 8.39. The van der Waals surface area contributed by atoms with Crippen LogP contribution in [0.2, 0.25) is 0 Å². The van der Waals surface area contributed by atoms with Gasteiger partial charge < -0.3 is 30.7 Å². The molecule has 0 spiro atoms. The number of nitrogens with zero attached hydrogens (tertiary/aromatic N) is 3. The van der Waals surface area contributed by atoms with Crippen LogP contribution in [0.4, 0.5) is 9.59 Å². The number of hydrogen-bond donors (Lipinski definition) is 4. The molecule has 13 heteroatoms. The number of likely N-dealkylation sites (N-methyl/N-ethyl adjacent to an activating group) is 1. The molecule has 4 amide bonds. The Kier molecular flexibility index (Phi) is 23.9. The quantitative estimate of drug-likeness (QED) is 0.0598. The number of rotatable bonds is 20. The van der Waals surface area contributed by atoms with Crippen molar-refractivity contribution < 1.29 is 24.2 Å². The number of carbonyl (C=O) groups excluding carboxylic acids is 3. The van der Waals surface area contributed by atoms with E-state index in [9.17, 15) is 19.5 Å². The lowest BCUT2D eigenvalue weighted by molar-refractivity contribution is -0.124. The van der Waals surface area contributed by atoms with E-state index in [-0.39, 0.29) is 37.3 Å². The number of thiazole rings is 1. The van der Waals surface area contributed by atoms with Crippen LogP contribution >= 0.6 is 23.1 Å². The van der Waals surface area contributed by atoms with Gasteiger partial charge in [-0.25, -0.2) is 14.6 Å². The normalized spacial score (nSPS) is 14.2. The molecule has 55 heavy (non-hydrogen) atoms. The summed E-state index contributed by atoms with van der Waals surface area (Å²) in [5, 5.41) is 20.7. The molecule has 0 saturated carbocycles. The number of aliphatic hydroxyl groups is 1. The Morgan fingerprint density at radius 2 is 1.75 bits per heavy atom. The van der Waals surface area contributed by atoms with Crippen molar-refractivity contribution in [1.29, 1.82) is 0 Å². The lowest BCUT2D eigenvalue weighted by Gasteiger charge is -2.29.